The summed E-state index contributed by atoms with van der Waals surface area (Å²) in [6, 6.07) is 15.1. The summed E-state index contributed by atoms with van der Waals surface area (Å²) in [6.07, 6.45) is 1.75. The van der Waals surface area contributed by atoms with Crippen molar-refractivity contribution in [2.24, 2.45) is 0 Å². The molecule has 0 bridgehead atoms. The minimum atomic E-state index is -0.523. The van der Waals surface area contributed by atoms with Crippen LogP contribution in [-0.4, -0.2) is 56.2 Å². The van der Waals surface area contributed by atoms with Gasteiger partial charge >= 0.3 is 5.97 Å². The van der Waals surface area contributed by atoms with Gasteiger partial charge in [0.05, 0.1) is 5.57 Å². The zero-order valence-electron chi connectivity index (χ0n) is 15.8. The number of anilines is 1. The first-order valence-electron chi connectivity index (χ1n) is 9.48. The molecular formula is C22H21ClN2O4. The van der Waals surface area contributed by atoms with E-state index >= 15 is 0 Å². The third kappa shape index (κ3) is 4.54. The van der Waals surface area contributed by atoms with E-state index in [-0.39, 0.29) is 19.1 Å². The minimum Gasteiger partial charge on any atom is -0.488 e. The molecule has 4 rings (SSSR count). The summed E-state index contributed by atoms with van der Waals surface area (Å²) in [5, 5.41) is 0.691. The lowest BCUT2D eigenvalue weighted by molar-refractivity contribution is -0.149. The van der Waals surface area contributed by atoms with Crippen molar-refractivity contribution >= 4 is 35.2 Å². The number of para-hydroxylation sites is 1. The highest BCUT2D eigenvalue weighted by atomic mass is 35.5. The number of halogens is 1. The Kier molecular flexibility index (Phi) is 5.71. The van der Waals surface area contributed by atoms with E-state index in [1.54, 1.807) is 11.0 Å². The number of piperazine rings is 1. The number of carbonyl (C=O) groups excluding carboxylic acids is 2. The van der Waals surface area contributed by atoms with E-state index in [1.807, 2.05) is 48.5 Å². The molecule has 0 atom stereocenters. The number of benzene rings is 2. The molecule has 0 radical (unpaired) electrons. The van der Waals surface area contributed by atoms with Gasteiger partial charge < -0.3 is 19.3 Å². The van der Waals surface area contributed by atoms with Crippen LogP contribution in [0.25, 0.3) is 6.08 Å². The van der Waals surface area contributed by atoms with E-state index in [9.17, 15) is 9.59 Å². The first-order chi connectivity index (χ1) is 14.1. The molecule has 0 spiro atoms. The number of fused-ring (bicyclic) bond motifs is 1. The van der Waals surface area contributed by atoms with Gasteiger partial charge in [-0.25, -0.2) is 4.79 Å². The van der Waals surface area contributed by atoms with Gasteiger partial charge in [-0.15, -0.1) is 0 Å². The second kappa shape index (κ2) is 8.57. The van der Waals surface area contributed by atoms with Gasteiger partial charge in [-0.3, -0.25) is 4.79 Å². The second-order valence-electron chi connectivity index (χ2n) is 6.92. The Morgan fingerprint density at radius 2 is 1.83 bits per heavy atom. The maximum absolute atomic E-state index is 12.4. The van der Waals surface area contributed by atoms with Crippen LogP contribution >= 0.6 is 11.6 Å². The molecule has 0 aliphatic carbocycles. The highest BCUT2D eigenvalue weighted by Gasteiger charge is 2.24. The van der Waals surface area contributed by atoms with Gasteiger partial charge in [0.25, 0.3) is 5.91 Å². The number of rotatable bonds is 4. The van der Waals surface area contributed by atoms with Crippen LogP contribution in [-0.2, 0) is 14.3 Å². The molecule has 7 heteroatoms. The van der Waals surface area contributed by atoms with Crippen LogP contribution in [0.4, 0.5) is 5.69 Å². The van der Waals surface area contributed by atoms with Crippen molar-refractivity contribution in [3.05, 3.63) is 64.7 Å². The Hall–Kier alpha value is -2.99. The van der Waals surface area contributed by atoms with E-state index < -0.39 is 5.97 Å². The molecule has 2 aliphatic rings. The molecule has 29 heavy (non-hydrogen) atoms. The number of nitrogens with zero attached hydrogens (tertiary/aromatic N) is 2. The molecule has 0 aromatic heterocycles. The summed E-state index contributed by atoms with van der Waals surface area (Å²) in [6.45, 7) is 2.42. The van der Waals surface area contributed by atoms with Gasteiger partial charge in [0, 0.05) is 42.5 Å². The van der Waals surface area contributed by atoms with Crippen LogP contribution in [0.15, 0.2) is 54.1 Å². The molecule has 0 N–H and O–H groups in total. The third-order valence-corrected chi connectivity index (χ3v) is 5.26. The third-order valence-electron chi connectivity index (χ3n) is 5.03. The summed E-state index contributed by atoms with van der Waals surface area (Å²) in [5.74, 6) is 0.0185. The van der Waals surface area contributed by atoms with Crippen molar-refractivity contribution in [3.8, 4) is 5.75 Å². The molecule has 150 valence electrons. The van der Waals surface area contributed by atoms with Gasteiger partial charge in [0.2, 0.25) is 0 Å². The largest absolute Gasteiger partial charge is 0.488 e. The van der Waals surface area contributed by atoms with E-state index in [0.29, 0.717) is 36.8 Å². The Morgan fingerprint density at radius 3 is 2.62 bits per heavy atom. The van der Waals surface area contributed by atoms with Gasteiger partial charge in [-0.05, 0) is 30.3 Å². The van der Waals surface area contributed by atoms with E-state index in [2.05, 4.69) is 4.90 Å². The lowest BCUT2D eigenvalue weighted by Crippen LogP contribution is -2.50. The first-order valence-corrected chi connectivity index (χ1v) is 9.86. The van der Waals surface area contributed by atoms with Crippen molar-refractivity contribution in [2.45, 2.75) is 0 Å². The fourth-order valence-corrected chi connectivity index (χ4v) is 3.62. The summed E-state index contributed by atoms with van der Waals surface area (Å²) in [7, 11) is 0. The molecule has 1 amide bonds. The minimum absolute atomic E-state index is 0.141. The van der Waals surface area contributed by atoms with Crippen LogP contribution in [0.3, 0.4) is 0 Å². The highest BCUT2D eigenvalue weighted by Crippen LogP contribution is 2.26. The normalized spacial score (nSPS) is 15.8. The van der Waals surface area contributed by atoms with Crippen LogP contribution in [0, 0.1) is 0 Å². The van der Waals surface area contributed by atoms with E-state index in [4.69, 9.17) is 21.1 Å². The zero-order valence-corrected chi connectivity index (χ0v) is 16.6. The topological polar surface area (TPSA) is 59.1 Å². The summed E-state index contributed by atoms with van der Waals surface area (Å²) in [5.41, 5.74) is 2.27. The number of carbonyl (C=O) groups is 2. The zero-order chi connectivity index (χ0) is 20.2. The van der Waals surface area contributed by atoms with Crippen LogP contribution in [0.2, 0.25) is 5.02 Å². The average Bonchev–Trinajstić information content (AvgIpc) is 2.77. The predicted octanol–water partition coefficient (Wildman–Crippen LogP) is 3.01. The van der Waals surface area contributed by atoms with Gasteiger partial charge in [-0.2, -0.15) is 0 Å². The molecule has 2 heterocycles. The average molecular weight is 413 g/mol. The van der Waals surface area contributed by atoms with E-state index in [1.165, 1.54) is 0 Å². The molecule has 1 fully saturated rings. The number of hydrogen-bond donors (Lipinski definition) is 0. The molecule has 6 nitrogen and oxygen atoms in total. The Bertz CT molecular complexity index is 951. The van der Waals surface area contributed by atoms with Crippen molar-refractivity contribution in [1.29, 1.82) is 0 Å². The van der Waals surface area contributed by atoms with Gasteiger partial charge in [0.15, 0.2) is 6.61 Å². The quantitative estimate of drug-likeness (QED) is 0.722. The summed E-state index contributed by atoms with van der Waals surface area (Å²) >= 11 is 6.05. The summed E-state index contributed by atoms with van der Waals surface area (Å²) in [4.78, 5) is 28.6. The Morgan fingerprint density at radius 1 is 1.03 bits per heavy atom. The molecule has 2 aromatic rings. The molecule has 0 saturated carbocycles. The van der Waals surface area contributed by atoms with Gasteiger partial charge in [0.1, 0.15) is 12.4 Å². The number of amides is 1. The van der Waals surface area contributed by atoms with Crippen LogP contribution in [0.1, 0.15) is 5.56 Å². The fraction of sp³-hybridized carbons (Fsp3) is 0.273. The summed E-state index contributed by atoms with van der Waals surface area (Å²) < 4.78 is 10.8. The van der Waals surface area contributed by atoms with Crippen molar-refractivity contribution in [2.75, 3.05) is 44.3 Å². The standard InChI is InChI=1S/C22H21ClN2O4/c23-18-5-3-6-19(13-18)24-8-10-25(11-9-24)21(26)15-29-22(27)17-12-16-4-1-2-7-20(16)28-14-17/h1-7,12-13H,8-11,14-15H2. The maximum Gasteiger partial charge on any atom is 0.338 e. The lowest BCUT2D eigenvalue weighted by atomic mass is 10.1. The molecular weight excluding hydrogens is 392 g/mol. The molecule has 0 unspecified atom stereocenters. The number of esters is 1. The van der Waals surface area contributed by atoms with E-state index in [0.717, 1.165) is 17.0 Å². The molecule has 2 aliphatic heterocycles. The SMILES string of the molecule is O=C(OCC(=O)N1CCN(c2cccc(Cl)c2)CC1)C1=Cc2ccccc2OC1. The first kappa shape index (κ1) is 19.3. The fourth-order valence-electron chi connectivity index (χ4n) is 3.43. The van der Waals surface area contributed by atoms with Crippen LogP contribution < -0.4 is 9.64 Å². The highest BCUT2D eigenvalue weighted by molar-refractivity contribution is 6.30. The Labute approximate surface area is 174 Å². The number of hydrogen-bond acceptors (Lipinski definition) is 5. The van der Waals surface area contributed by atoms with Crippen molar-refractivity contribution in [1.82, 2.24) is 4.90 Å². The Balaban J connectivity index is 1.27. The van der Waals surface area contributed by atoms with Crippen molar-refractivity contribution in [3.63, 3.8) is 0 Å². The smallest absolute Gasteiger partial charge is 0.338 e. The van der Waals surface area contributed by atoms with Gasteiger partial charge in [-0.1, -0.05) is 35.9 Å². The lowest BCUT2D eigenvalue weighted by Gasteiger charge is -2.36. The maximum atomic E-state index is 12.4. The number of ether oxygens (including phenoxy) is 2. The molecule has 2 aromatic carbocycles. The van der Waals surface area contributed by atoms with Crippen LogP contribution in [0.5, 0.6) is 5.75 Å². The predicted molar refractivity (Wildman–Crippen MR) is 111 cm³/mol. The van der Waals surface area contributed by atoms with Crippen molar-refractivity contribution < 1.29 is 19.1 Å². The second-order valence-corrected chi connectivity index (χ2v) is 7.36. The monoisotopic (exact) mass is 412 g/mol. The molecule has 1 saturated heterocycles.